The van der Waals surface area contributed by atoms with E-state index in [1.807, 2.05) is 12.1 Å². The van der Waals surface area contributed by atoms with Crippen molar-refractivity contribution in [1.29, 1.82) is 0 Å². The standard InChI is InChI=1S/C20H22ClNO5S/c1-26-18(24)12-17-22(16(23)13-28-17)10-3-11-27-19(25)20(8-2-9-20)14-4-6-15(21)7-5-14/h4-7,12H,2-3,8-11,13H2,1H3/b17-12+. The smallest absolute Gasteiger partial charge is 0.333 e. The number of carbonyl (C=O) groups excluding carboxylic acids is 3. The maximum Gasteiger partial charge on any atom is 0.333 e. The Kier molecular flexibility index (Phi) is 6.67. The van der Waals surface area contributed by atoms with Crippen LogP contribution in [0.4, 0.5) is 0 Å². The molecular formula is C20H22ClNO5S. The number of esters is 2. The Hall–Kier alpha value is -1.99. The Morgan fingerprint density at radius 2 is 2.00 bits per heavy atom. The van der Waals surface area contributed by atoms with Gasteiger partial charge in [0.15, 0.2) is 0 Å². The van der Waals surface area contributed by atoms with E-state index in [9.17, 15) is 14.4 Å². The molecule has 150 valence electrons. The maximum atomic E-state index is 12.7. The molecule has 1 saturated heterocycles. The quantitative estimate of drug-likeness (QED) is 0.380. The summed E-state index contributed by atoms with van der Waals surface area (Å²) < 4.78 is 10.2. The number of amides is 1. The molecule has 3 rings (SSSR count). The molecular weight excluding hydrogens is 402 g/mol. The van der Waals surface area contributed by atoms with Crippen LogP contribution in [0.25, 0.3) is 0 Å². The highest BCUT2D eigenvalue weighted by molar-refractivity contribution is 8.04. The van der Waals surface area contributed by atoms with Crippen LogP contribution in [0.2, 0.25) is 5.02 Å². The van der Waals surface area contributed by atoms with Gasteiger partial charge in [0.1, 0.15) is 0 Å². The van der Waals surface area contributed by atoms with Gasteiger partial charge in [-0.2, -0.15) is 0 Å². The van der Waals surface area contributed by atoms with Crippen LogP contribution < -0.4 is 0 Å². The molecule has 0 unspecified atom stereocenters. The molecule has 1 amide bonds. The molecule has 8 heteroatoms. The fraction of sp³-hybridized carbons (Fsp3) is 0.450. The van der Waals surface area contributed by atoms with Gasteiger partial charge in [-0.1, -0.05) is 41.9 Å². The number of hydrogen-bond acceptors (Lipinski definition) is 6. The van der Waals surface area contributed by atoms with Gasteiger partial charge in [0.2, 0.25) is 5.91 Å². The zero-order chi connectivity index (χ0) is 20.1. The minimum atomic E-state index is -0.583. The number of ether oxygens (including phenoxy) is 2. The average molecular weight is 424 g/mol. The largest absolute Gasteiger partial charge is 0.466 e. The summed E-state index contributed by atoms with van der Waals surface area (Å²) in [6.07, 6.45) is 4.32. The van der Waals surface area contributed by atoms with E-state index < -0.39 is 11.4 Å². The van der Waals surface area contributed by atoms with Crippen molar-refractivity contribution in [3.8, 4) is 0 Å². The van der Waals surface area contributed by atoms with Gasteiger partial charge in [0.25, 0.3) is 0 Å². The summed E-state index contributed by atoms with van der Waals surface area (Å²) >= 11 is 7.25. The van der Waals surface area contributed by atoms with Gasteiger partial charge < -0.3 is 14.4 Å². The number of methoxy groups -OCH3 is 1. The van der Waals surface area contributed by atoms with Gasteiger partial charge in [0.05, 0.1) is 36.0 Å². The molecule has 0 radical (unpaired) electrons. The summed E-state index contributed by atoms with van der Waals surface area (Å²) in [4.78, 5) is 37.7. The molecule has 0 aromatic heterocycles. The molecule has 6 nitrogen and oxygen atoms in total. The van der Waals surface area contributed by atoms with Crippen LogP contribution in [0.3, 0.4) is 0 Å². The number of carbonyl (C=O) groups is 3. The summed E-state index contributed by atoms with van der Waals surface area (Å²) in [6.45, 7) is 0.601. The minimum Gasteiger partial charge on any atom is -0.466 e. The summed E-state index contributed by atoms with van der Waals surface area (Å²) in [6, 6.07) is 7.34. The first-order valence-electron chi connectivity index (χ1n) is 9.12. The summed E-state index contributed by atoms with van der Waals surface area (Å²) in [5.41, 5.74) is 0.349. The lowest BCUT2D eigenvalue weighted by Gasteiger charge is -2.39. The van der Waals surface area contributed by atoms with Gasteiger partial charge >= 0.3 is 11.9 Å². The van der Waals surface area contributed by atoms with Crippen LogP contribution in [0, 0.1) is 0 Å². The third kappa shape index (κ3) is 4.36. The molecule has 1 aliphatic heterocycles. The zero-order valence-electron chi connectivity index (χ0n) is 15.6. The molecule has 0 N–H and O–H groups in total. The van der Waals surface area contributed by atoms with Gasteiger partial charge in [-0.15, -0.1) is 0 Å². The van der Waals surface area contributed by atoms with Crippen molar-refractivity contribution >= 4 is 41.2 Å². The van der Waals surface area contributed by atoms with Gasteiger partial charge in [0, 0.05) is 11.6 Å². The SMILES string of the molecule is COC(=O)/C=C1/SCC(=O)N1CCCOC(=O)C1(c2ccc(Cl)cc2)CCC1. The number of benzene rings is 1. The molecule has 0 atom stereocenters. The Morgan fingerprint density at radius 3 is 2.61 bits per heavy atom. The Labute approximate surface area is 173 Å². The molecule has 0 spiro atoms. The van der Waals surface area contributed by atoms with Crippen LogP contribution in [-0.2, 0) is 29.3 Å². The van der Waals surface area contributed by atoms with E-state index in [2.05, 4.69) is 4.74 Å². The Bertz CT molecular complexity index is 788. The van der Waals surface area contributed by atoms with Gasteiger partial charge in [-0.3, -0.25) is 9.59 Å². The van der Waals surface area contributed by atoms with E-state index in [1.165, 1.54) is 29.8 Å². The van der Waals surface area contributed by atoms with Crippen molar-refractivity contribution in [2.45, 2.75) is 31.1 Å². The Balaban J connectivity index is 1.53. The number of halogens is 1. The first kappa shape index (κ1) is 20.7. The van der Waals surface area contributed by atoms with Crippen molar-refractivity contribution in [2.24, 2.45) is 0 Å². The van der Waals surface area contributed by atoms with Crippen molar-refractivity contribution in [3.63, 3.8) is 0 Å². The number of hydrogen-bond donors (Lipinski definition) is 0. The fourth-order valence-corrected chi connectivity index (χ4v) is 4.45. The number of thioether (sulfide) groups is 1. The van der Waals surface area contributed by atoms with Crippen molar-refractivity contribution in [1.82, 2.24) is 4.90 Å². The lowest BCUT2D eigenvalue weighted by atomic mass is 9.64. The van der Waals surface area contributed by atoms with Crippen molar-refractivity contribution in [3.05, 3.63) is 46.0 Å². The minimum absolute atomic E-state index is 0.0666. The lowest BCUT2D eigenvalue weighted by Crippen LogP contribution is -2.43. The van der Waals surface area contributed by atoms with E-state index in [0.29, 0.717) is 28.8 Å². The number of rotatable bonds is 7. The third-order valence-electron chi connectivity index (χ3n) is 5.11. The van der Waals surface area contributed by atoms with Crippen LogP contribution in [0.5, 0.6) is 0 Å². The first-order chi connectivity index (χ1) is 13.5. The summed E-state index contributed by atoms with van der Waals surface area (Å²) in [5, 5.41) is 1.20. The molecule has 1 saturated carbocycles. The molecule has 1 aromatic carbocycles. The third-order valence-corrected chi connectivity index (χ3v) is 6.38. The predicted molar refractivity (Wildman–Crippen MR) is 107 cm³/mol. The zero-order valence-corrected chi connectivity index (χ0v) is 17.2. The van der Waals surface area contributed by atoms with Crippen LogP contribution >= 0.6 is 23.4 Å². The summed E-state index contributed by atoms with van der Waals surface area (Å²) in [7, 11) is 1.29. The highest BCUT2D eigenvalue weighted by Gasteiger charge is 2.47. The van der Waals surface area contributed by atoms with Gasteiger partial charge in [-0.05, 0) is 37.0 Å². The number of nitrogens with zero attached hydrogens (tertiary/aromatic N) is 1. The normalized spacial score (nSPS) is 19.4. The molecule has 2 aliphatic rings. The second kappa shape index (κ2) is 9.01. The van der Waals surface area contributed by atoms with Crippen molar-refractivity contribution < 1.29 is 23.9 Å². The molecule has 1 aromatic rings. The van der Waals surface area contributed by atoms with Crippen LogP contribution in [0.1, 0.15) is 31.2 Å². The topological polar surface area (TPSA) is 72.9 Å². The monoisotopic (exact) mass is 423 g/mol. The van der Waals surface area contributed by atoms with E-state index in [4.69, 9.17) is 16.3 Å². The van der Waals surface area contributed by atoms with E-state index in [-0.39, 0.29) is 18.5 Å². The Morgan fingerprint density at radius 1 is 1.29 bits per heavy atom. The maximum absolute atomic E-state index is 12.7. The predicted octanol–water partition coefficient (Wildman–Crippen LogP) is 3.28. The van der Waals surface area contributed by atoms with Crippen LogP contribution in [0.15, 0.2) is 35.4 Å². The molecule has 1 heterocycles. The van der Waals surface area contributed by atoms with E-state index in [1.54, 1.807) is 12.1 Å². The highest BCUT2D eigenvalue weighted by Crippen LogP contribution is 2.45. The lowest BCUT2D eigenvalue weighted by molar-refractivity contribution is -0.154. The van der Waals surface area contributed by atoms with Gasteiger partial charge in [-0.25, -0.2) is 4.79 Å². The van der Waals surface area contributed by atoms with Crippen LogP contribution in [-0.4, -0.2) is 48.8 Å². The van der Waals surface area contributed by atoms with E-state index in [0.717, 1.165) is 24.8 Å². The first-order valence-corrected chi connectivity index (χ1v) is 10.5. The second-order valence-electron chi connectivity index (χ2n) is 6.77. The molecule has 1 aliphatic carbocycles. The average Bonchev–Trinajstić information content (AvgIpc) is 2.99. The fourth-order valence-electron chi connectivity index (χ4n) is 3.36. The van der Waals surface area contributed by atoms with E-state index >= 15 is 0 Å². The second-order valence-corrected chi connectivity index (χ2v) is 8.20. The molecule has 0 bridgehead atoms. The highest BCUT2D eigenvalue weighted by atomic mass is 35.5. The summed E-state index contributed by atoms with van der Waals surface area (Å²) in [5.74, 6) is -0.498. The molecule has 2 fully saturated rings. The van der Waals surface area contributed by atoms with Crippen molar-refractivity contribution in [2.75, 3.05) is 26.0 Å². The molecule has 28 heavy (non-hydrogen) atoms.